The molecular formula is C12H15N3OS. The molecule has 0 atom stereocenters. The predicted molar refractivity (Wildman–Crippen MR) is 69.3 cm³/mol. The van der Waals surface area contributed by atoms with Crippen molar-refractivity contribution in [1.82, 2.24) is 9.55 Å². The second kappa shape index (κ2) is 5.14. The van der Waals surface area contributed by atoms with Crippen molar-refractivity contribution < 1.29 is 4.79 Å². The number of thiazole rings is 1. The number of hydrogen-bond donors (Lipinski definition) is 1. The van der Waals surface area contributed by atoms with E-state index in [0.717, 1.165) is 10.6 Å². The Balaban J connectivity index is 1.85. The summed E-state index contributed by atoms with van der Waals surface area (Å²) in [7, 11) is 0. The number of hydrogen-bond acceptors (Lipinski definition) is 3. The first-order valence-corrected chi connectivity index (χ1v) is 6.31. The SMILES string of the molecule is Cc1nc(NC(=O)CCn2cccc2)sc1C. The summed E-state index contributed by atoms with van der Waals surface area (Å²) >= 11 is 1.52. The van der Waals surface area contributed by atoms with Crippen molar-refractivity contribution in [3.63, 3.8) is 0 Å². The van der Waals surface area contributed by atoms with E-state index in [9.17, 15) is 4.79 Å². The number of amides is 1. The fourth-order valence-electron chi connectivity index (χ4n) is 1.46. The maximum absolute atomic E-state index is 11.7. The molecule has 90 valence electrons. The van der Waals surface area contributed by atoms with Crippen LogP contribution in [-0.2, 0) is 11.3 Å². The molecule has 0 saturated carbocycles. The van der Waals surface area contributed by atoms with Crippen LogP contribution in [0.1, 0.15) is 17.0 Å². The van der Waals surface area contributed by atoms with Crippen molar-refractivity contribution in [2.45, 2.75) is 26.8 Å². The molecule has 2 heterocycles. The summed E-state index contributed by atoms with van der Waals surface area (Å²) in [6.45, 7) is 4.64. The summed E-state index contributed by atoms with van der Waals surface area (Å²) in [5.41, 5.74) is 0.982. The van der Waals surface area contributed by atoms with E-state index >= 15 is 0 Å². The van der Waals surface area contributed by atoms with Crippen LogP contribution >= 0.6 is 11.3 Å². The number of aromatic nitrogens is 2. The molecule has 17 heavy (non-hydrogen) atoms. The van der Waals surface area contributed by atoms with Crippen molar-refractivity contribution >= 4 is 22.4 Å². The molecule has 0 unspecified atom stereocenters. The molecule has 0 radical (unpaired) electrons. The summed E-state index contributed by atoms with van der Waals surface area (Å²) in [6.07, 6.45) is 4.36. The number of nitrogens with one attached hydrogen (secondary N) is 1. The van der Waals surface area contributed by atoms with E-state index in [4.69, 9.17) is 0 Å². The van der Waals surface area contributed by atoms with Crippen LogP contribution in [0.15, 0.2) is 24.5 Å². The highest BCUT2D eigenvalue weighted by molar-refractivity contribution is 7.15. The van der Waals surface area contributed by atoms with Gasteiger partial charge in [0.1, 0.15) is 0 Å². The van der Waals surface area contributed by atoms with E-state index in [1.165, 1.54) is 11.3 Å². The smallest absolute Gasteiger partial charge is 0.227 e. The predicted octanol–water partition coefficient (Wildman–Crippen LogP) is 2.59. The molecule has 0 saturated heterocycles. The molecule has 2 aromatic heterocycles. The molecule has 5 heteroatoms. The normalized spacial score (nSPS) is 10.5. The molecule has 0 aliphatic rings. The number of rotatable bonds is 4. The average molecular weight is 249 g/mol. The van der Waals surface area contributed by atoms with E-state index in [1.54, 1.807) is 0 Å². The Morgan fingerprint density at radius 1 is 1.41 bits per heavy atom. The highest BCUT2D eigenvalue weighted by Crippen LogP contribution is 2.21. The zero-order chi connectivity index (χ0) is 12.3. The van der Waals surface area contributed by atoms with Crippen LogP contribution in [0.2, 0.25) is 0 Å². The monoisotopic (exact) mass is 249 g/mol. The minimum Gasteiger partial charge on any atom is -0.354 e. The molecule has 1 amide bonds. The van der Waals surface area contributed by atoms with E-state index in [2.05, 4.69) is 10.3 Å². The molecule has 2 rings (SSSR count). The van der Waals surface area contributed by atoms with Gasteiger partial charge in [-0.05, 0) is 26.0 Å². The lowest BCUT2D eigenvalue weighted by molar-refractivity contribution is -0.116. The number of aryl methyl sites for hydroxylation is 3. The molecule has 0 aliphatic carbocycles. The number of carbonyl (C=O) groups excluding carboxylic acids is 1. The van der Waals surface area contributed by atoms with Crippen LogP contribution in [0, 0.1) is 13.8 Å². The van der Waals surface area contributed by atoms with Crippen LogP contribution in [0.3, 0.4) is 0 Å². The molecule has 0 bridgehead atoms. The minimum absolute atomic E-state index is 0.00690. The van der Waals surface area contributed by atoms with Crippen molar-refractivity contribution in [3.8, 4) is 0 Å². The standard InChI is InChI=1S/C12H15N3OS/c1-9-10(2)17-12(13-9)14-11(16)5-8-15-6-3-4-7-15/h3-4,6-7H,5,8H2,1-2H3,(H,13,14,16). The Morgan fingerprint density at radius 2 is 2.12 bits per heavy atom. The van der Waals surface area contributed by atoms with Gasteiger partial charge in [-0.3, -0.25) is 4.79 Å². The fourth-order valence-corrected chi connectivity index (χ4v) is 2.29. The molecule has 0 fully saturated rings. The maximum Gasteiger partial charge on any atom is 0.227 e. The fraction of sp³-hybridized carbons (Fsp3) is 0.333. The van der Waals surface area contributed by atoms with Crippen molar-refractivity contribution in [3.05, 3.63) is 35.1 Å². The van der Waals surface area contributed by atoms with E-state index in [-0.39, 0.29) is 5.91 Å². The Morgan fingerprint density at radius 3 is 2.71 bits per heavy atom. The van der Waals surface area contributed by atoms with Crippen LogP contribution in [0.5, 0.6) is 0 Å². The van der Waals surface area contributed by atoms with E-state index in [1.807, 2.05) is 42.9 Å². The molecule has 1 N–H and O–H groups in total. The van der Waals surface area contributed by atoms with Gasteiger partial charge < -0.3 is 9.88 Å². The van der Waals surface area contributed by atoms with Gasteiger partial charge >= 0.3 is 0 Å². The second-order valence-electron chi connectivity index (χ2n) is 3.88. The van der Waals surface area contributed by atoms with Crippen LogP contribution in [0.4, 0.5) is 5.13 Å². The number of anilines is 1. The maximum atomic E-state index is 11.7. The highest BCUT2D eigenvalue weighted by atomic mass is 32.1. The van der Waals surface area contributed by atoms with Crippen molar-refractivity contribution in [1.29, 1.82) is 0 Å². The van der Waals surface area contributed by atoms with Crippen LogP contribution in [-0.4, -0.2) is 15.5 Å². The minimum atomic E-state index is 0.00690. The average Bonchev–Trinajstić information content (AvgIpc) is 2.87. The summed E-state index contributed by atoms with van der Waals surface area (Å²) in [4.78, 5) is 17.1. The molecule has 0 aromatic carbocycles. The molecule has 0 aliphatic heterocycles. The quantitative estimate of drug-likeness (QED) is 0.905. The summed E-state index contributed by atoms with van der Waals surface area (Å²) in [5.74, 6) is 0.00690. The van der Waals surface area contributed by atoms with Crippen molar-refractivity contribution in [2.24, 2.45) is 0 Å². The third-order valence-corrected chi connectivity index (χ3v) is 3.53. The van der Waals surface area contributed by atoms with Gasteiger partial charge in [0.15, 0.2) is 5.13 Å². The second-order valence-corrected chi connectivity index (χ2v) is 5.08. The van der Waals surface area contributed by atoms with E-state index in [0.29, 0.717) is 18.1 Å². The first-order valence-electron chi connectivity index (χ1n) is 5.50. The molecule has 2 aromatic rings. The Kier molecular flexibility index (Phi) is 3.58. The largest absolute Gasteiger partial charge is 0.354 e. The van der Waals surface area contributed by atoms with Gasteiger partial charge in [-0.2, -0.15) is 0 Å². The Labute approximate surface area is 104 Å². The third kappa shape index (κ3) is 3.17. The van der Waals surface area contributed by atoms with Gasteiger partial charge in [0.2, 0.25) is 5.91 Å². The summed E-state index contributed by atoms with van der Waals surface area (Å²) in [6, 6.07) is 3.90. The van der Waals surface area contributed by atoms with Gasteiger partial charge in [0, 0.05) is 30.2 Å². The zero-order valence-corrected chi connectivity index (χ0v) is 10.8. The lowest BCUT2D eigenvalue weighted by atomic mass is 10.4. The highest BCUT2D eigenvalue weighted by Gasteiger charge is 2.07. The third-order valence-electron chi connectivity index (χ3n) is 2.54. The lowest BCUT2D eigenvalue weighted by Gasteiger charge is -2.02. The number of nitrogens with zero attached hydrogens (tertiary/aromatic N) is 2. The number of carbonyl (C=O) groups is 1. The molecule has 0 spiro atoms. The molecular weight excluding hydrogens is 234 g/mol. The van der Waals surface area contributed by atoms with Gasteiger partial charge in [-0.25, -0.2) is 4.98 Å². The van der Waals surface area contributed by atoms with Gasteiger partial charge in [-0.1, -0.05) is 0 Å². The lowest BCUT2D eigenvalue weighted by Crippen LogP contribution is -2.13. The molecule has 4 nitrogen and oxygen atoms in total. The van der Waals surface area contributed by atoms with Gasteiger partial charge in [0.05, 0.1) is 5.69 Å². The zero-order valence-electron chi connectivity index (χ0n) is 9.93. The van der Waals surface area contributed by atoms with Crippen LogP contribution in [0.25, 0.3) is 0 Å². The first-order chi connectivity index (χ1) is 8.15. The van der Waals surface area contributed by atoms with Crippen molar-refractivity contribution in [2.75, 3.05) is 5.32 Å². The van der Waals surface area contributed by atoms with E-state index < -0.39 is 0 Å². The Bertz CT molecular complexity index is 482. The Hall–Kier alpha value is -1.62. The topological polar surface area (TPSA) is 46.9 Å². The van der Waals surface area contributed by atoms with Crippen LogP contribution < -0.4 is 5.32 Å². The van der Waals surface area contributed by atoms with Gasteiger partial charge in [-0.15, -0.1) is 11.3 Å². The van der Waals surface area contributed by atoms with Gasteiger partial charge in [0.25, 0.3) is 0 Å². The summed E-state index contributed by atoms with van der Waals surface area (Å²) in [5, 5.41) is 3.51. The summed E-state index contributed by atoms with van der Waals surface area (Å²) < 4.78 is 1.98. The first kappa shape index (κ1) is 11.9.